The number of benzene rings is 2. The Balaban J connectivity index is 1.22. The summed E-state index contributed by atoms with van der Waals surface area (Å²) in [6.45, 7) is 3.03. The van der Waals surface area contributed by atoms with Gasteiger partial charge in [0.1, 0.15) is 11.9 Å². The van der Waals surface area contributed by atoms with Gasteiger partial charge in [-0.2, -0.15) is 9.57 Å². The van der Waals surface area contributed by atoms with Crippen LogP contribution in [0.1, 0.15) is 42.4 Å². The molecule has 0 bridgehead atoms. The third-order valence-electron chi connectivity index (χ3n) is 7.14. The van der Waals surface area contributed by atoms with Gasteiger partial charge in [-0.25, -0.2) is 8.42 Å². The van der Waals surface area contributed by atoms with Crippen LogP contribution in [0.2, 0.25) is 0 Å². The molecular weight excluding hydrogens is 422 g/mol. The number of ether oxygens (including phenoxy) is 1. The van der Waals surface area contributed by atoms with Crippen LogP contribution in [-0.2, 0) is 22.9 Å². The van der Waals surface area contributed by atoms with Gasteiger partial charge in [-0.15, -0.1) is 0 Å². The molecule has 1 atom stereocenters. The van der Waals surface area contributed by atoms with E-state index < -0.39 is 10.0 Å². The molecule has 3 aliphatic rings. The summed E-state index contributed by atoms with van der Waals surface area (Å²) in [4.78, 5) is 2.87. The highest BCUT2D eigenvalue weighted by atomic mass is 32.2. The molecular formula is C25H29N3O3S. The summed E-state index contributed by atoms with van der Waals surface area (Å²) in [5.74, 6) is 0.837. The van der Waals surface area contributed by atoms with Gasteiger partial charge >= 0.3 is 0 Å². The van der Waals surface area contributed by atoms with Gasteiger partial charge in [-0.1, -0.05) is 12.5 Å². The number of hydrogen-bond acceptors (Lipinski definition) is 5. The normalized spacial score (nSPS) is 22.5. The Bertz CT molecular complexity index is 1120. The molecule has 0 N–H and O–H groups in total. The smallest absolute Gasteiger partial charge is 0.243 e. The van der Waals surface area contributed by atoms with Crippen LogP contribution in [0, 0.1) is 11.3 Å². The monoisotopic (exact) mass is 451 g/mol. The molecule has 5 rings (SSSR count). The number of nitriles is 1. The first kappa shape index (κ1) is 21.4. The molecule has 2 fully saturated rings. The lowest BCUT2D eigenvalue weighted by Gasteiger charge is -2.36. The zero-order chi connectivity index (χ0) is 22.1. The molecule has 2 heterocycles. The van der Waals surface area contributed by atoms with Crippen molar-refractivity contribution in [2.24, 2.45) is 0 Å². The van der Waals surface area contributed by atoms with Gasteiger partial charge in [-0.3, -0.25) is 4.90 Å². The predicted molar refractivity (Wildman–Crippen MR) is 122 cm³/mol. The minimum absolute atomic E-state index is 0.154. The topological polar surface area (TPSA) is 73.6 Å². The molecule has 1 aliphatic carbocycles. The number of sulfonamides is 1. The fraction of sp³-hybridized carbons (Fsp3) is 0.480. The lowest BCUT2D eigenvalue weighted by molar-refractivity contribution is 0.133. The zero-order valence-corrected chi connectivity index (χ0v) is 19.1. The van der Waals surface area contributed by atoms with E-state index in [0.717, 1.165) is 37.7 Å². The second-order valence-electron chi connectivity index (χ2n) is 9.08. The van der Waals surface area contributed by atoms with Crippen LogP contribution in [0.5, 0.6) is 5.75 Å². The van der Waals surface area contributed by atoms with Gasteiger partial charge < -0.3 is 4.74 Å². The molecule has 2 aromatic rings. The third kappa shape index (κ3) is 4.27. The quantitative estimate of drug-likeness (QED) is 0.697. The van der Waals surface area contributed by atoms with Crippen molar-refractivity contribution in [1.29, 1.82) is 5.26 Å². The van der Waals surface area contributed by atoms with Crippen molar-refractivity contribution in [1.82, 2.24) is 9.21 Å². The summed E-state index contributed by atoms with van der Waals surface area (Å²) in [7, 11) is -3.58. The summed E-state index contributed by atoms with van der Waals surface area (Å²) in [6, 6.07) is 15.3. The largest absolute Gasteiger partial charge is 0.489 e. The first-order valence-corrected chi connectivity index (χ1v) is 13.0. The van der Waals surface area contributed by atoms with Gasteiger partial charge in [0, 0.05) is 25.7 Å². The van der Waals surface area contributed by atoms with E-state index in [9.17, 15) is 8.42 Å². The second kappa shape index (κ2) is 8.86. The summed E-state index contributed by atoms with van der Waals surface area (Å²) >= 11 is 0. The second-order valence-corrected chi connectivity index (χ2v) is 11.0. The van der Waals surface area contributed by atoms with Crippen LogP contribution in [0.25, 0.3) is 0 Å². The van der Waals surface area contributed by atoms with Crippen LogP contribution < -0.4 is 4.74 Å². The van der Waals surface area contributed by atoms with Crippen molar-refractivity contribution in [2.45, 2.75) is 55.6 Å². The summed E-state index contributed by atoms with van der Waals surface area (Å²) < 4.78 is 33.6. The van der Waals surface area contributed by atoms with Crippen LogP contribution in [-0.4, -0.2) is 55.9 Å². The van der Waals surface area contributed by atoms with Crippen LogP contribution in [0.4, 0.5) is 0 Å². The first-order valence-electron chi connectivity index (χ1n) is 11.6. The third-order valence-corrected chi connectivity index (χ3v) is 9.02. The van der Waals surface area contributed by atoms with Gasteiger partial charge in [0.25, 0.3) is 0 Å². The predicted octanol–water partition coefficient (Wildman–Crippen LogP) is 3.35. The maximum absolute atomic E-state index is 13.0. The van der Waals surface area contributed by atoms with E-state index in [2.05, 4.69) is 17.0 Å². The minimum Gasteiger partial charge on any atom is -0.489 e. The molecule has 0 amide bonds. The Labute approximate surface area is 190 Å². The Morgan fingerprint density at radius 2 is 1.69 bits per heavy atom. The van der Waals surface area contributed by atoms with E-state index >= 15 is 0 Å². The Hall–Kier alpha value is -2.40. The number of fused-ring (bicyclic) bond motifs is 1. The highest BCUT2D eigenvalue weighted by molar-refractivity contribution is 7.89. The highest BCUT2D eigenvalue weighted by Gasteiger charge is 2.34. The Morgan fingerprint density at radius 3 is 2.38 bits per heavy atom. The van der Waals surface area contributed by atoms with E-state index in [0.29, 0.717) is 25.1 Å². The Kier molecular flexibility index (Phi) is 5.93. The molecule has 0 aromatic heterocycles. The molecule has 168 valence electrons. The van der Waals surface area contributed by atoms with Gasteiger partial charge in [0.15, 0.2) is 0 Å². The van der Waals surface area contributed by atoms with Crippen molar-refractivity contribution in [3.8, 4) is 11.8 Å². The fourth-order valence-corrected chi connectivity index (χ4v) is 6.45. The lowest BCUT2D eigenvalue weighted by atomic mass is 9.91. The van der Waals surface area contributed by atoms with Crippen molar-refractivity contribution in [3.05, 3.63) is 59.2 Å². The van der Waals surface area contributed by atoms with Crippen molar-refractivity contribution < 1.29 is 13.2 Å². The van der Waals surface area contributed by atoms with Gasteiger partial charge in [-0.05, 0) is 79.6 Å². The molecule has 2 aromatic carbocycles. The van der Waals surface area contributed by atoms with E-state index in [1.807, 2.05) is 12.1 Å². The molecule has 7 heteroatoms. The summed E-state index contributed by atoms with van der Waals surface area (Å²) in [5, 5.41) is 8.93. The Morgan fingerprint density at radius 1 is 0.938 bits per heavy atom. The lowest BCUT2D eigenvalue weighted by Crippen LogP contribution is -2.41. The van der Waals surface area contributed by atoms with E-state index in [1.54, 1.807) is 12.1 Å². The summed E-state index contributed by atoms with van der Waals surface area (Å²) in [6.07, 6.45) is 6.70. The van der Waals surface area contributed by atoms with Crippen molar-refractivity contribution >= 4 is 10.0 Å². The molecule has 6 nitrogen and oxygen atoms in total. The molecule has 0 radical (unpaired) electrons. The molecule has 1 saturated heterocycles. The number of rotatable bonds is 5. The highest BCUT2D eigenvalue weighted by Crippen LogP contribution is 2.30. The number of hydrogen-bond donors (Lipinski definition) is 0. The van der Waals surface area contributed by atoms with Crippen LogP contribution in [0.15, 0.2) is 47.4 Å². The average molecular weight is 452 g/mol. The van der Waals surface area contributed by atoms with E-state index in [-0.39, 0.29) is 11.0 Å². The molecule has 0 spiro atoms. The maximum atomic E-state index is 13.0. The average Bonchev–Trinajstić information content (AvgIpc) is 3.15. The van der Waals surface area contributed by atoms with E-state index in [1.165, 1.54) is 46.8 Å². The van der Waals surface area contributed by atoms with Crippen LogP contribution in [0.3, 0.4) is 0 Å². The molecule has 1 saturated carbocycles. The fourth-order valence-electron chi connectivity index (χ4n) is 4.96. The summed E-state index contributed by atoms with van der Waals surface area (Å²) in [5.41, 5.74) is 3.23. The SMILES string of the molecule is N#Cc1ccc(S(=O)(=O)N2CC[C@@H](Oc3ccc4c(c3)CCN(C3CCC3)CC4)C2)cc1. The number of nitrogens with zero attached hydrogens (tertiary/aromatic N) is 3. The zero-order valence-electron chi connectivity index (χ0n) is 18.2. The first-order chi connectivity index (χ1) is 15.5. The van der Waals surface area contributed by atoms with Crippen molar-refractivity contribution in [3.63, 3.8) is 0 Å². The van der Waals surface area contributed by atoms with Crippen molar-refractivity contribution in [2.75, 3.05) is 26.2 Å². The molecule has 32 heavy (non-hydrogen) atoms. The van der Waals surface area contributed by atoms with Gasteiger partial charge in [0.2, 0.25) is 10.0 Å². The minimum atomic E-state index is -3.58. The molecule has 0 unspecified atom stereocenters. The van der Waals surface area contributed by atoms with Crippen LogP contribution >= 0.6 is 0 Å². The molecule has 2 aliphatic heterocycles. The maximum Gasteiger partial charge on any atom is 0.243 e. The van der Waals surface area contributed by atoms with E-state index in [4.69, 9.17) is 10.00 Å². The van der Waals surface area contributed by atoms with Gasteiger partial charge in [0.05, 0.1) is 23.1 Å². The standard InChI is InChI=1S/C25H29N3O3S/c26-17-19-4-8-25(9-5-19)32(29,30)28-15-12-24(18-28)31-23-7-6-20-10-13-27(22-2-1-3-22)14-11-21(20)16-23/h4-9,16,22,24H,1-3,10-15,18H2/t24-/m1/s1.